The molecule has 0 amide bonds. The Balaban J connectivity index is 1.84. The van der Waals surface area contributed by atoms with Crippen molar-refractivity contribution in [3.05, 3.63) is 70.8 Å². The summed E-state index contributed by atoms with van der Waals surface area (Å²) in [5, 5.41) is 3.46. The molecule has 2 unspecified atom stereocenters. The van der Waals surface area contributed by atoms with Gasteiger partial charge in [0.25, 0.3) is 0 Å². The maximum Gasteiger partial charge on any atom is 0.0983 e. The minimum atomic E-state index is 0.139. The molecule has 21 heavy (non-hydrogen) atoms. The third-order valence-electron chi connectivity index (χ3n) is 4.30. The van der Waals surface area contributed by atoms with Gasteiger partial charge in [-0.25, -0.2) is 0 Å². The number of rotatable bonds is 4. The lowest BCUT2D eigenvalue weighted by molar-refractivity contribution is 0.0172. The van der Waals surface area contributed by atoms with Gasteiger partial charge in [0.15, 0.2) is 0 Å². The van der Waals surface area contributed by atoms with Crippen LogP contribution in [0, 0.1) is 6.92 Å². The van der Waals surface area contributed by atoms with Gasteiger partial charge in [0.05, 0.1) is 12.7 Å². The largest absolute Gasteiger partial charge is 0.372 e. The maximum atomic E-state index is 6.10. The van der Waals surface area contributed by atoms with Gasteiger partial charge in [0.1, 0.15) is 0 Å². The first-order chi connectivity index (χ1) is 10.3. The van der Waals surface area contributed by atoms with Crippen molar-refractivity contribution in [2.45, 2.75) is 31.9 Å². The van der Waals surface area contributed by atoms with Crippen molar-refractivity contribution < 1.29 is 4.74 Å². The van der Waals surface area contributed by atoms with Crippen LogP contribution < -0.4 is 5.32 Å². The first kappa shape index (κ1) is 14.3. The van der Waals surface area contributed by atoms with Crippen LogP contribution in [0.25, 0.3) is 0 Å². The number of fused-ring (bicyclic) bond motifs is 1. The fourth-order valence-electron chi connectivity index (χ4n) is 3.21. The quantitative estimate of drug-likeness (QED) is 0.927. The van der Waals surface area contributed by atoms with Gasteiger partial charge in [0, 0.05) is 6.04 Å². The summed E-state index contributed by atoms with van der Waals surface area (Å²) >= 11 is 0. The molecule has 1 heterocycles. The highest BCUT2D eigenvalue weighted by atomic mass is 16.5. The molecule has 0 aliphatic carbocycles. The standard InChI is InChI=1S/C19H23NO/c1-14-6-5-7-15(12-14)13-18(20-2)19-17-9-4-3-8-16(17)10-11-21-19/h3-9,12,18-20H,10-11,13H2,1-2H3. The third-order valence-corrected chi connectivity index (χ3v) is 4.30. The predicted molar refractivity (Wildman–Crippen MR) is 86.6 cm³/mol. The average molecular weight is 281 g/mol. The molecule has 2 aromatic rings. The molecule has 2 aromatic carbocycles. The molecule has 0 spiro atoms. The molecule has 110 valence electrons. The topological polar surface area (TPSA) is 21.3 Å². The summed E-state index contributed by atoms with van der Waals surface area (Å²) in [7, 11) is 2.03. The van der Waals surface area contributed by atoms with Crippen LogP contribution in [0.15, 0.2) is 48.5 Å². The van der Waals surface area contributed by atoms with Crippen molar-refractivity contribution >= 4 is 0 Å². The van der Waals surface area contributed by atoms with E-state index in [2.05, 4.69) is 60.8 Å². The molecule has 2 nitrogen and oxygen atoms in total. The fraction of sp³-hybridized carbons (Fsp3) is 0.368. The molecular formula is C19H23NO. The number of nitrogens with one attached hydrogen (secondary N) is 1. The Morgan fingerprint density at radius 2 is 2.05 bits per heavy atom. The minimum Gasteiger partial charge on any atom is -0.372 e. The highest BCUT2D eigenvalue weighted by molar-refractivity contribution is 5.33. The number of ether oxygens (including phenoxy) is 1. The molecule has 3 rings (SSSR count). The Hall–Kier alpha value is -1.64. The van der Waals surface area contributed by atoms with E-state index in [4.69, 9.17) is 4.74 Å². The second-order valence-electron chi connectivity index (χ2n) is 5.83. The van der Waals surface area contributed by atoms with Gasteiger partial charge in [-0.3, -0.25) is 0 Å². The van der Waals surface area contributed by atoms with Crippen LogP contribution in [-0.4, -0.2) is 19.7 Å². The Kier molecular flexibility index (Phi) is 4.37. The second-order valence-corrected chi connectivity index (χ2v) is 5.83. The average Bonchev–Trinajstić information content (AvgIpc) is 2.52. The van der Waals surface area contributed by atoms with E-state index < -0.39 is 0 Å². The minimum absolute atomic E-state index is 0.139. The number of benzene rings is 2. The number of hydrogen-bond donors (Lipinski definition) is 1. The van der Waals surface area contributed by atoms with E-state index >= 15 is 0 Å². The van der Waals surface area contributed by atoms with Crippen molar-refractivity contribution in [2.75, 3.05) is 13.7 Å². The van der Waals surface area contributed by atoms with Gasteiger partial charge in [0.2, 0.25) is 0 Å². The van der Waals surface area contributed by atoms with Crippen LogP contribution in [-0.2, 0) is 17.6 Å². The van der Waals surface area contributed by atoms with Crippen LogP contribution in [0.4, 0.5) is 0 Å². The van der Waals surface area contributed by atoms with E-state index in [0.717, 1.165) is 19.4 Å². The van der Waals surface area contributed by atoms with E-state index in [1.165, 1.54) is 22.3 Å². The van der Waals surface area contributed by atoms with Crippen molar-refractivity contribution in [1.29, 1.82) is 0 Å². The van der Waals surface area contributed by atoms with Gasteiger partial charge >= 0.3 is 0 Å². The van der Waals surface area contributed by atoms with E-state index in [9.17, 15) is 0 Å². The molecule has 0 bridgehead atoms. The van der Waals surface area contributed by atoms with Crippen LogP contribution in [0.1, 0.15) is 28.4 Å². The predicted octanol–water partition coefficient (Wildman–Crippen LogP) is 3.44. The Labute approximate surface area is 127 Å². The van der Waals surface area contributed by atoms with Crippen molar-refractivity contribution in [3.63, 3.8) is 0 Å². The lowest BCUT2D eigenvalue weighted by Crippen LogP contribution is -2.38. The Morgan fingerprint density at radius 1 is 1.19 bits per heavy atom. The molecule has 2 heteroatoms. The van der Waals surface area contributed by atoms with Crippen LogP contribution >= 0.6 is 0 Å². The summed E-state index contributed by atoms with van der Waals surface area (Å²) in [6.07, 6.45) is 2.14. The number of likely N-dealkylation sites (N-methyl/N-ethyl adjacent to an activating group) is 1. The summed E-state index contributed by atoms with van der Waals surface area (Å²) in [5.41, 5.74) is 5.45. The molecular weight excluding hydrogens is 258 g/mol. The second kappa shape index (κ2) is 6.42. The number of hydrogen-bond acceptors (Lipinski definition) is 2. The summed E-state index contributed by atoms with van der Waals surface area (Å²) in [6, 6.07) is 17.7. The zero-order chi connectivity index (χ0) is 14.7. The summed E-state index contributed by atoms with van der Waals surface area (Å²) < 4.78 is 6.10. The van der Waals surface area contributed by atoms with Crippen molar-refractivity contribution in [2.24, 2.45) is 0 Å². The van der Waals surface area contributed by atoms with Gasteiger partial charge in [-0.1, -0.05) is 54.1 Å². The van der Waals surface area contributed by atoms with E-state index in [1.807, 2.05) is 7.05 Å². The molecule has 0 saturated carbocycles. The zero-order valence-electron chi connectivity index (χ0n) is 12.8. The Morgan fingerprint density at radius 3 is 2.86 bits per heavy atom. The highest BCUT2D eigenvalue weighted by Gasteiger charge is 2.27. The summed E-state index contributed by atoms with van der Waals surface area (Å²) in [4.78, 5) is 0. The lowest BCUT2D eigenvalue weighted by atomic mass is 9.90. The fourth-order valence-corrected chi connectivity index (χ4v) is 3.21. The Bertz CT molecular complexity index is 608. The van der Waals surface area contributed by atoms with Gasteiger partial charge in [-0.05, 0) is 43.5 Å². The first-order valence-corrected chi connectivity index (χ1v) is 7.70. The number of aryl methyl sites for hydroxylation is 1. The van der Waals surface area contributed by atoms with E-state index in [1.54, 1.807) is 0 Å². The van der Waals surface area contributed by atoms with Crippen molar-refractivity contribution in [3.8, 4) is 0 Å². The van der Waals surface area contributed by atoms with Gasteiger partial charge in [-0.15, -0.1) is 0 Å². The monoisotopic (exact) mass is 281 g/mol. The van der Waals surface area contributed by atoms with E-state index in [-0.39, 0.29) is 6.10 Å². The van der Waals surface area contributed by atoms with Gasteiger partial charge < -0.3 is 10.1 Å². The van der Waals surface area contributed by atoms with Crippen LogP contribution in [0.3, 0.4) is 0 Å². The lowest BCUT2D eigenvalue weighted by Gasteiger charge is -2.32. The molecule has 1 aliphatic rings. The highest BCUT2D eigenvalue weighted by Crippen LogP contribution is 2.30. The SMILES string of the molecule is CNC(Cc1cccc(C)c1)C1OCCc2ccccc21. The summed E-state index contributed by atoms with van der Waals surface area (Å²) in [6.45, 7) is 2.96. The summed E-state index contributed by atoms with van der Waals surface area (Å²) in [5.74, 6) is 0. The molecule has 0 saturated heterocycles. The zero-order valence-corrected chi connectivity index (χ0v) is 12.8. The molecule has 2 atom stereocenters. The van der Waals surface area contributed by atoms with Gasteiger partial charge in [-0.2, -0.15) is 0 Å². The normalized spacial score (nSPS) is 19.0. The molecule has 0 aromatic heterocycles. The molecule has 1 N–H and O–H groups in total. The molecule has 1 aliphatic heterocycles. The van der Waals surface area contributed by atoms with Crippen LogP contribution in [0.2, 0.25) is 0 Å². The van der Waals surface area contributed by atoms with E-state index in [0.29, 0.717) is 6.04 Å². The smallest absolute Gasteiger partial charge is 0.0983 e. The van der Waals surface area contributed by atoms with Crippen LogP contribution in [0.5, 0.6) is 0 Å². The first-order valence-electron chi connectivity index (χ1n) is 7.70. The molecule has 0 radical (unpaired) electrons. The van der Waals surface area contributed by atoms with Crippen molar-refractivity contribution in [1.82, 2.24) is 5.32 Å². The third kappa shape index (κ3) is 3.17. The molecule has 0 fully saturated rings. The maximum absolute atomic E-state index is 6.10.